The predicted molar refractivity (Wildman–Crippen MR) is 98.1 cm³/mol. The van der Waals surface area contributed by atoms with Crippen LogP contribution in [-0.2, 0) is 9.59 Å². The predicted octanol–water partition coefficient (Wildman–Crippen LogP) is 4.23. The van der Waals surface area contributed by atoms with Crippen molar-refractivity contribution in [3.05, 3.63) is 63.5 Å². The zero-order valence-electron chi connectivity index (χ0n) is 13.8. The van der Waals surface area contributed by atoms with Crippen molar-refractivity contribution in [3.8, 4) is 5.75 Å². The van der Waals surface area contributed by atoms with Crippen molar-refractivity contribution in [1.82, 2.24) is 0 Å². The summed E-state index contributed by atoms with van der Waals surface area (Å²) < 4.78 is 18.3. The summed E-state index contributed by atoms with van der Waals surface area (Å²) in [5, 5.41) is 2.93. The minimum atomic E-state index is -0.693. The molecular formula is C18H13Cl2FN2O3. The monoisotopic (exact) mass is 394 g/mol. The number of amides is 2. The van der Waals surface area contributed by atoms with Crippen LogP contribution in [0.2, 0.25) is 5.02 Å². The smallest absolute Gasteiger partial charge is 0.283 e. The highest BCUT2D eigenvalue weighted by molar-refractivity contribution is 6.53. The summed E-state index contributed by atoms with van der Waals surface area (Å²) in [6.07, 6.45) is 0. The minimum absolute atomic E-state index is 0.0991. The number of hydrogen-bond donors (Lipinski definition) is 1. The Bertz CT molecular complexity index is 942. The van der Waals surface area contributed by atoms with E-state index in [9.17, 15) is 14.0 Å². The normalized spacial score (nSPS) is 14.3. The number of ether oxygens (including phenoxy) is 1. The number of carbonyl (C=O) groups is 2. The molecule has 0 saturated heterocycles. The topological polar surface area (TPSA) is 58.6 Å². The molecule has 0 atom stereocenters. The fraction of sp³-hybridized carbons (Fsp3) is 0.111. The van der Waals surface area contributed by atoms with Crippen LogP contribution in [0.1, 0.15) is 5.56 Å². The van der Waals surface area contributed by atoms with Gasteiger partial charge in [-0.15, -0.1) is 0 Å². The van der Waals surface area contributed by atoms with Crippen molar-refractivity contribution in [1.29, 1.82) is 0 Å². The van der Waals surface area contributed by atoms with E-state index in [0.29, 0.717) is 16.3 Å². The second-order valence-electron chi connectivity index (χ2n) is 5.54. The zero-order valence-corrected chi connectivity index (χ0v) is 15.3. The molecule has 2 aromatic carbocycles. The highest BCUT2D eigenvalue weighted by Crippen LogP contribution is 2.38. The van der Waals surface area contributed by atoms with Crippen molar-refractivity contribution in [2.75, 3.05) is 17.3 Å². The molecule has 0 aromatic heterocycles. The van der Waals surface area contributed by atoms with Crippen LogP contribution >= 0.6 is 23.2 Å². The molecule has 1 aliphatic heterocycles. The van der Waals surface area contributed by atoms with E-state index in [2.05, 4.69) is 5.32 Å². The Balaban J connectivity index is 1.98. The first-order valence-electron chi connectivity index (χ1n) is 7.48. The molecule has 0 saturated carbocycles. The first-order valence-corrected chi connectivity index (χ1v) is 8.24. The second kappa shape index (κ2) is 6.97. The zero-order chi connectivity index (χ0) is 19.0. The summed E-state index contributed by atoms with van der Waals surface area (Å²) >= 11 is 12.2. The number of imide groups is 1. The van der Waals surface area contributed by atoms with Crippen LogP contribution < -0.4 is 15.0 Å². The average molecular weight is 395 g/mol. The van der Waals surface area contributed by atoms with Gasteiger partial charge in [-0.3, -0.25) is 9.59 Å². The largest absolute Gasteiger partial charge is 0.494 e. The van der Waals surface area contributed by atoms with E-state index in [0.717, 1.165) is 4.90 Å². The maximum atomic E-state index is 13.0. The standard InChI is InChI=1S/C18H13Cl2FN2O3/c1-9-7-13(14(26-2)8-12(9)19)23-17(24)15(20)16(18(23)25)22-11-5-3-10(21)4-6-11/h3-8,22H,1-2H3. The number of carbonyl (C=O) groups excluding carboxylic acids is 2. The van der Waals surface area contributed by atoms with Gasteiger partial charge in [0.1, 0.15) is 22.3 Å². The fourth-order valence-corrected chi connectivity index (χ4v) is 2.86. The van der Waals surface area contributed by atoms with E-state index in [4.69, 9.17) is 27.9 Å². The summed E-state index contributed by atoms with van der Waals surface area (Å²) in [7, 11) is 1.40. The van der Waals surface area contributed by atoms with Gasteiger partial charge in [0.05, 0.1) is 12.8 Å². The minimum Gasteiger partial charge on any atom is -0.494 e. The molecule has 3 rings (SSSR count). The Hall–Kier alpha value is -2.57. The summed E-state index contributed by atoms with van der Waals surface area (Å²) in [6.45, 7) is 1.74. The van der Waals surface area contributed by atoms with Gasteiger partial charge >= 0.3 is 0 Å². The van der Waals surface area contributed by atoms with E-state index in [-0.39, 0.29) is 22.2 Å². The molecule has 2 aromatic rings. The van der Waals surface area contributed by atoms with E-state index in [1.807, 2.05) is 0 Å². The van der Waals surface area contributed by atoms with Gasteiger partial charge < -0.3 is 10.1 Å². The van der Waals surface area contributed by atoms with Gasteiger partial charge in [0.25, 0.3) is 11.8 Å². The third-order valence-corrected chi connectivity index (χ3v) is 4.60. The third kappa shape index (κ3) is 3.13. The van der Waals surface area contributed by atoms with Crippen LogP contribution in [-0.4, -0.2) is 18.9 Å². The van der Waals surface area contributed by atoms with Crippen molar-refractivity contribution >= 4 is 46.4 Å². The number of nitrogens with one attached hydrogen (secondary N) is 1. The molecule has 0 aliphatic carbocycles. The van der Waals surface area contributed by atoms with Gasteiger partial charge in [-0.1, -0.05) is 23.2 Å². The number of nitrogens with zero attached hydrogens (tertiary/aromatic N) is 1. The Labute approximate surface area is 159 Å². The maximum Gasteiger partial charge on any atom is 0.283 e. The third-order valence-electron chi connectivity index (χ3n) is 3.84. The van der Waals surface area contributed by atoms with Gasteiger partial charge in [-0.2, -0.15) is 0 Å². The number of rotatable bonds is 4. The van der Waals surface area contributed by atoms with Crippen LogP contribution in [0.3, 0.4) is 0 Å². The number of benzene rings is 2. The number of aryl methyl sites for hydroxylation is 1. The molecule has 1 heterocycles. The molecule has 0 bridgehead atoms. The molecule has 0 unspecified atom stereocenters. The molecule has 8 heteroatoms. The van der Waals surface area contributed by atoms with E-state index < -0.39 is 17.6 Å². The molecule has 0 spiro atoms. The van der Waals surface area contributed by atoms with Crippen molar-refractivity contribution in [3.63, 3.8) is 0 Å². The lowest BCUT2D eigenvalue weighted by atomic mass is 10.2. The molecule has 0 radical (unpaired) electrons. The lowest BCUT2D eigenvalue weighted by molar-refractivity contribution is -0.120. The number of anilines is 2. The van der Waals surface area contributed by atoms with Gasteiger partial charge in [0.15, 0.2) is 0 Å². The number of methoxy groups -OCH3 is 1. The molecule has 2 amide bonds. The van der Waals surface area contributed by atoms with Crippen LogP contribution in [0.25, 0.3) is 0 Å². The summed E-state index contributed by atoms with van der Waals surface area (Å²) in [5.41, 5.74) is 1.22. The molecule has 134 valence electrons. The fourth-order valence-electron chi connectivity index (χ4n) is 2.49. The lowest BCUT2D eigenvalue weighted by Gasteiger charge is -2.19. The maximum absolute atomic E-state index is 13.0. The Morgan fingerprint density at radius 2 is 1.73 bits per heavy atom. The quantitative estimate of drug-likeness (QED) is 0.788. The summed E-state index contributed by atoms with van der Waals surface area (Å²) in [5.74, 6) is -1.51. The second-order valence-corrected chi connectivity index (χ2v) is 6.32. The van der Waals surface area contributed by atoms with Gasteiger partial charge in [-0.05, 0) is 42.8 Å². The summed E-state index contributed by atoms with van der Waals surface area (Å²) in [6, 6.07) is 8.40. The molecule has 1 aliphatic rings. The van der Waals surface area contributed by atoms with Gasteiger partial charge in [0.2, 0.25) is 0 Å². The number of halogens is 3. The first-order chi connectivity index (χ1) is 12.3. The van der Waals surface area contributed by atoms with Crippen LogP contribution in [0.5, 0.6) is 5.75 Å². The Morgan fingerprint density at radius 3 is 2.35 bits per heavy atom. The molecule has 26 heavy (non-hydrogen) atoms. The lowest BCUT2D eigenvalue weighted by Crippen LogP contribution is -2.32. The van der Waals surface area contributed by atoms with Crippen LogP contribution in [0, 0.1) is 12.7 Å². The summed E-state index contributed by atoms with van der Waals surface area (Å²) in [4.78, 5) is 26.3. The highest BCUT2D eigenvalue weighted by Gasteiger charge is 2.40. The van der Waals surface area contributed by atoms with Crippen LogP contribution in [0.15, 0.2) is 47.1 Å². The number of hydrogen-bond acceptors (Lipinski definition) is 4. The Kier molecular flexibility index (Phi) is 4.89. The highest BCUT2D eigenvalue weighted by atomic mass is 35.5. The molecule has 1 N–H and O–H groups in total. The van der Waals surface area contributed by atoms with Crippen molar-refractivity contribution in [2.45, 2.75) is 6.92 Å². The van der Waals surface area contributed by atoms with E-state index in [1.54, 1.807) is 13.0 Å². The van der Waals surface area contributed by atoms with Crippen LogP contribution in [0.4, 0.5) is 15.8 Å². The molecule has 5 nitrogen and oxygen atoms in total. The Morgan fingerprint density at radius 1 is 1.08 bits per heavy atom. The van der Waals surface area contributed by atoms with Gasteiger partial charge in [-0.25, -0.2) is 9.29 Å². The van der Waals surface area contributed by atoms with Gasteiger partial charge in [0, 0.05) is 16.8 Å². The van der Waals surface area contributed by atoms with Crippen molar-refractivity contribution in [2.24, 2.45) is 0 Å². The average Bonchev–Trinajstić information content (AvgIpc) is 2.82. The SMILES string of the molecule is COc1cc(Cl)c(C)cc1N1C(=O)C(Cl)=C(Nc2ccc(F)cc2)C1=O. The molecular weight excluding hydrogens is 382 g/mol. The van der Waals surface area contributed by atoms with E-state index in [1.165, 1.54) is 37.4 Å². The van der Waals surface area contributed by atoms with E-state index >= 15 is 0 Å². The van der Waals surface area contributed by atoms with Crippen molar-refractivity contribution < 1.29 is 18.7 Å². The first kappa shape index (κ1) is 18.2. The molecule has 0 fully saturated rings.